The van der Waals surface area contributed by atoms with Crippen molar-refractivity contribution < 1.29 is 20.1 Å². The Kier molecular flexibility index (Phi) is 6.96. The van der Waals surface area contributed by atoms with Crippen LogP contribution in [-0.2, 0) is 6.42 Å². The Hall–Kier alpha value is -1.97. The lowest BCUT2D eigenvalue weighted by atomic mass is 9.97. The number of ketones is 1. The minimum atomic E-state index is -0.364. The van der Waals surface area contributed by atoms with Gasteiger partial charge < -0.3 is 15.3 Å². The smallest absolute Gasteiger partial charge is 0.170 e. The van der Waals surface area contributed by atoms with Crippen molar-refractivity contribution in [2.24, 2.45) is 0 Å². The summed E-state index contributed by atoms with van der Waals surface area (Å²) < 4.78 is 0. The first-order chi connectivity index (χ1) is 10.4. The van der Waals surface area contributed by atoms with Gasteiger partial charge in [-0.25, -0.2) is 0 Å². The lowest BCUT2D eigenvalue weighted by molar-refractivity contribution is 0.0973. The predicted octanol–water partition coefficient (Wildman–Crippen LogP) is 4.47. The normalized spacial score (nSPS) is 10.5. The summed E-state index contributed by atoms with van der Waals surface area (Å²) in [7, 11) is 0. The fourth-order valence-electron chi connectivity index (χ4n) is 2.30. The van der Waals surface area contributed by atoms with Crippen LogP contribution >= 0.6 is 0 Å². The second-order valence-corrected chi connectivity index (χ2v) is 5.84. The zero-order valence-corrected chi connectivity index (χ0v) is 13.6. The quantitative estimate of drug-likeness (QED) is 0.376. The molecule has 0 amide bonds. The van der Waals surface area contributed by atoms with Crippen molar-refractivity contribution in [3.8, 4) is 17.2 Å². The second kappa shape index (κ2) is 8.47. The second-order valence-electron chi connectivity index (χ2n) is 5.84. The van der Waals surface area contributed by atoms with E-state index in [1.54, 1.807) is 0 Å². The Labute approximate surface area is 132 Å². The molecule has 0 heterocycles. The molecule has 3 N–H and O–H groups in total. The van der Waals surface area contributed by atoms with Gasteiger partial charge in [0.05, 0.1) is 0 Å². The topological polar surface area (TPSA) is 77.8 Å². The number of Topliss-reactive ketones (excluding diaryl/α,β-unsaturated/α-hetero) is 1. The van der Waals surface area contributed by atoms with Crippen LogP contribution in [-0.4, -0.2) is 21.1 Å². The molecule has 0 saturated heterocycles. The molecule has 0 spiro atoms. The summed E-state index contributed by atoms with van der Waals surface area (Å²) in [4.78, 5) is 12.2. The van der Waals surface area contributed by atoms with Crippen LogP contribution in [0.1, 0.15) is 68.8 Å². The zero-order chi connectivity index (χ0) is 16.7. The molecule has 122 valence electrons. The molecule has 0 atom stereocenters. The first-order valence-electron chi connectivity index (χ1n) is 7.81. The number of allylic oxidation sites excluding steroid dienone is 2. The maximum absolute atomic E-state index is 12.2. The minimum absolute atomic E-state index is 0.0774. The standard InChI is InChI=1S/C18H26O4/c1-4-5-6-7-8-14(19)17-16(21)11-15(20)13(18(17)22)10-9-12(2)3/h9,11,20-22H,4-8,10H2,1-3H3. The molecule has 0 aliphatic rings. The highest BCUT2D eigenvalue weighted by molar-refractivity contribution is 6.01. The van der Waals surface area contributed by atoms with E-state index >= 15 is 0 Å². The van der Waals surface area contributed by atoms with E-state index < -0.39 is 0 Å². The number of unbranched alkanes of at least 4 members (excludes halogenated alkanes) is 3. The van der Waals surface area contributed by atoms with Gasteiger partial charge in [0.1, 0.15) is 22.8 Å². The minimum Gasteiger partial charge on any atom is -0.507 e. The van der Waals surface area contributed by atoms with Crippen molar-refractivity contribution >= 4 is 5.78 Å². The summed E-state index contributed by atoms with van der Waals surface area (Å²) in [5.41, 5.74) is 1.24. The van der Waals surface area contributed by atoms with Crippen molar-refractivity contribution in [3.63, 3.8) is 0 Å². The highest BCUT2D eigenvalue weighted by Gasteiger charge is 2.21. The third kappa shape index (κ3) is 4.79. The van der Waals surface area contributed by atoms with Gasteiger partial charge >= 0.3 is 0 Å². The summed E-state index contributed by atoms with van der Waals surface area (Å²) in [6.45, 7) is 5.91. The van der Waals surface area contributed by atoms with Gasteiger partial charge in [-0.1, -0.05) is 37.8 Å². The van der Waals surface area contributed by atoms with Gasteiger partial charge in [0.2, 0.25) is 0 Å². The van der Waals surface area contributed by atoms with Crippen LogP contribution in [0.4, 0.5) is 0 Å². The van der Waals surface area contributed by atoms with Crippen LogP contribution in [0.5, 0.6) is 17.2 Å². The lowest BCUT2D eigenvalue weighted by Gasteiger charge is -2.12. The van der Waals surface area contributed by atoms with Crippen LogP contribution in [0.25, 0.3) is 0 Å². The maximum Gasteiger partial charge on any atom is 0.170 e. The SMILES string of the molecule is CCCCCCC(=O)c1c(O)cc(O)c(CC=C(C)C)c1O. The number of carbonyl (C=O) groups is 1. The number of carbonyl (C=O) groups excluding carboxylic acids is 1. The molecule has 0 bridgehead atoms. The third-order valence-electron chi connectivity index (χ3n) is 3.61. The van der Waals surface area contributed by atoms with Crippen molar-refractivity contribution in [3.05, 3.63) is 28.8 Å². The Morgan fingerprint density at radius 2 is 1.77 bits per heavy atom. The number of hydrogen-bond acceptors (Lipinski definition) is 4. The predicted molar refractivity (Wildman–Crippen MR) is 87.7 cm³/mol. The number of benzene rings is 1. The van der Waals surface area contributed by atoms with E-state index in [-0.39, 0.29) is 40.6 Å². The van der Waals surface area contributed by atoms with Crippen molar-refractivity contribution in [2.45, 2.75) is 59.3 Å². The molecule has 0 fully saturated rings. The van der Waals surface area contributed by atoms with Crippen molar-refractivity contribution in [1.82, 2.24) is 0 Å². The van der Waals surface area contributed by atoms with E-state index in [0.717, 1.165) is 37.3 Å². The lowest BCUT2D eigenvalue weighted by Crippen LogP contribution is -2.02. The first kappa shape index (κ1) is 18.1. The molecule has 0 aliphatic carbocycles. The summed E-state index contributed by atoms with van der Waals surface area (Å²) in [6.07, 6.45) is 6.28. The number of phenolic OH excluding ortho intramolecular Hbond substituents is 3. The molecule has 4 nitrogen and oxygen atoms in total. The average Bonchev–Trinajstić information content (AvgIpc) is 2.42. The molecule has 0 saturated carbocycles. The fourth-order valence-corrected chi connectivity index (χ4v) is 2.30. The molecule has 0 unspecified atom stereocenters. The fraction of sp³-hybridized carbons (Fsp3) is 0.500. The third-order valence-corrected chi connectivity index (χ3v) is 3.61. The molecular formula is C18H26O4. The van der Waals surface area contributed by atoms with Gasteiger partial charge in [-0.2, -0.15) is 0 Å². The van der Waals surface area contributed by atoms with Gasteiger partial charge in [-0.15, -0.1) is 0 Å². The van der Waals surface area contributed by atoms with Gasteiger partial charge in [-0.3, -0.25) is 4.79 Å². The van der Waals surface area contributed by atoms with Gasteiger partial charge in [0.25, 0.3) is 0 Å². The Balaban J connectivity index is 3.01. The number of rotatable bonds is 8. The molecule has 0 aromatic heterocycles. The van der Waals surface area contributed by atoms with E-state index in [1.807, 2.05) is 19.9 Å². The number of phenols is 3. The molecule has 0 radical (unpaired) electrons. The molecular weight excluding hydrogens is 280 g/mol. The average molecular weight is 306 g/mol. The Bertz CT molecular complexity index is 555. The molecule has 22 heavy (non-hydrogen) atoms. The van der Waals surface area contributed by atoms with Gasteiger partial charge in [0, 0.05) is 18.1 Å². The van der Waals surface area contributed by atoms with E-state index in [1.165, 1.54) is 0 Å². The summed E-state index contributed by atoms with van der Waals surface area (Å²) >= 11 is 0. The number of hydrogen-bond donors (Lipinski definition) is 3. The van der Waals surface area contributed by atoms with Gasteiger partial charge in [-0.05, 0) is 26.7 Å². The zero-order valence-electron chi connectivity index (χ0n) is 13.6. The number of aromatic hydroxyl groups is 3. The van der Waals surface area contributed by atoms with Gasteiger partial charge in [0.15, 0.2) is 5.78 Å². The van der Waals surface area contributed by atoms with E-state index in [9.17, 15) is 20.1 Å². The van der Waals surface area contributed by atoms with Crippen molar-refractivity contribution in [1.29, 1.82) is 0 Å². The van der Waals surface area contributed by atoms with Crippen LogP contribution in [0, 0.1) is 0 Å². The maximum atomic E-state index is 12.2. The van der Waals surface area contributed by atoms with Crippen LogP contribution in [0.2, 0.25) is 0 Å². The van der Waals surface area contributed by atoms with Crippen LogP contribution < -0.4 is 0 Å². The first-order valence-corrected chi connectivity index (χ1v) is 7.81. The highest BCUT2D eigenvalue weighted by atomic mass is 16.3. The molecule has 4 heteroatoms. The molecule has 1 rings (SSSR count). The molecule has 0 aliphatic heterocycles. The summed E-state index contributed by atoms with van der Waals surface area (Å²) in [6, 6.07) is 1.13. The largest absolute Gasteiger partial charge is 0.507 e. The molecule has 1 aromatic carbocycles. The van der Waals surface area contributed by atoms with Crippen LogP contribution in [0.3, 0.4) is 0 Å². The summed E-state index contributed by atoms with van der Waals surface area (Å²) in [5.74, 6) is -1.16. The van der Waals surface area contributed by atoms with E-state index in [2.05, 4.69) is 6.92 Å². The van der Waals surface area contributed by atoms with E-state index in [0.29, 0.717) is 6.42 Å². The monoisotopic (exact) mass is 306 g/mol. The van der Waals surface area contributed by atoms with Crippen molar-refractivity contribution in [2.75, 3.05) is 0 Å². The van der Waals surface area contributed by atoms with Crippen LogP contribution in [0.15, 0.2) is 17.7 Å². The van der Waals surface area contributed by atoms with E-state index in [4.69, 9.17) is 0 Å². The Morgan fingerprint density at radius 3 is 2.36 bits per heavy atom. The molecule has 1 aromatic rings. The Morgan fingerprint density at radius 1 is 1.09 bits per heavy atom. The highest BCUT2D eigenvalue weighted by Crippen LogP contribution is 2.38. The summed E-state index contributed by atoms with van der Waals surface area (Å²) in [5, 5.41) is 30.0.